The number of carbonyl (C=O) groups excluding carboxylic acids is 1. The third-order valence-electron chi connectivity index (χ3n) is 2.68. The van der Waals surface area contributed by atoms with Crippen molar-refractivity contribution in [3.8, 4) is 0 Å². The Morgan fingerprint density at radius 3 is 2.94 bits per heavy atom. The van der Waals surface area contributed by atoms with Crippen molar-refractivity contribution in [2.45, 2.75) is 19.5 Å². The Balaban J connectivity index is 0.00000128. The van der Waals surface area contributed by atoms with Gasteiger partial charge in [0.2, 0.25) is 18.3 Å². The molecule has 0 aromatic carbocycles. The molecule has 16 heavy (non-hydrogen) atoms. The number of hydrogen-bond donors (Lipinski definition) is 0. The van der Waals surface area contributed by atoms with Crippen LogP contribution in [0.15, 0.2) is 31.0 Å². The SMILES string of the molecule is C=Cc1cccc[n+]1CN1CCCC1=O.[Cl-]. The second-order valence-corrected chi connectivity index (χ2v) is 3.70. The number of carbonyl (C=O) groups is 1. The maximum absolute atomic E-state index is 11.5. The van der Waals surface area contributed by atoms with E-state index >= 15 is 0 Å². The van der Waals surface area contributed by atoms with Crippen molar-refractivity contribution in [2.75, 3.05) is 6.54 Å². The Morgan fingerprint density at radius 2 is 2.31 bits per heavy atom. The van der Waals surface area contributed by atoms with Crippen LogP contribution in [-0.2, 0) is 11.5 Å². The molecule has 0 radical (unpaired) electrons. The molecule has 0 atom stereocenters. The summed E-state index contributed by atoms with van der Waals surface area (Å²) in [5, 5.41) is 0. The second kappa shape index (κ2) is 5.66. The predicted molar refractivity (Wildman–Crippen MR) is 57.7 cm³/mol. The van der Waals surface area contributed by atoms with Crippen LogP contribution in [0.25, 0.3) is 6.08 Å². The molecule has 2 heterocycles. The molecule has 1 saturated heterocycles. The van der Waals surface area contributed by atoms with E-state index in [1.54, 1.807) is 6.08 Å². The molecular formula is C12H15ClN2O. The predicted octanol–water partition coefficient (Wildman–Crippen LogP) is -1.80. The van der Waals surface area contributed by atoms with Crippen molar-refractivity contribution in [3.63, 3.8) is 0 Å². The van der Waals surface area contributed by atoms with Crippen LogP contribution in [-0.4, -0.2) is 17.4 Å². The molecule has 0 bridgehead atoms. The number of likely N-dealkylation sites (tertiary alicyclic amines) is 1. The fraction of sp³-hybridized carbons (Fsp3) is 0.333. The van der Waals surface area contributed by atoms with E-state index in [-0.39, 0.29) is 18.3 Å². The minimum atomic E-state index is 0. The first-order chi connectivity index (χ1) is 7.31. The molecule has 0 aliphatic carbocycles. The molecule has 4 heteroatoms. The normalized spacial score (nSPS) is 14.8. The van der Waals surface area contributed by atoms with E-state index in [4.69, 9.17) is 0 Å². The molecule has 1 aliphatic rings. The van der Waals surface area contributed by atoms with Gasteiger partial charge in [-0.1, -0.05) is 6.58 Å². The zero-order chi connectivity index (χ0) is 10.7. The van der Waals surface area contributed by atoms with E-state index in [9.17, 15) is 4.79 Å². The average Bonchev–Trinajstić information content (AvgIpc) is 2.65. The Labute approximate surface area is 102 Å². The molecule has 0 N–H and O–H groups in total. The Morgan fingerprint density at radius 1 is 1.50 bits per heavy atom. The zero-order valence-electron chi connectivity index (χ0n) is 9.10. The summed E-state index contributed by atoms with van der Waals surface area (Å²) in [4.78, 5) is 13.3. The number of nitrogens with zero attached hydrogens (tertiary/aromatic N) is 2. The summed E-state index contributed by atoms with van der Waals surface area (Å²) in [7, 11) is 0. The van der Waals surface area contributed by atoms with E-state index in [2.05, 4.69) is 6.58 Å². The summed E-state index contributed by atoms with van der Waals surface area (Å²) >= 11 is 0. The fourth-order valence-electron chi connectivity index (χ4n) is 1.84. The van der Waals surface area contributed by atoms with E-state index < -0.39 is 0 Å². The van der Waals surface area contributed by atoms with E-state index in [1.165, 1.54) is 0 Å². The third-order valence-corrected chi connectivity index (χ3v) is 2.68. The lowest BCUT2D eigenvalue weighted by Crippen LogP contribution is -3.00. The van der Waals surface area contributed by atoms with Crippen LogP contribution in [0, 0.1) is 0 Å². The van der Waals surface area contributed by atoms with Gasteiger partial charge in [-0.25, -0.2) is 0 Å². The molecule has 1 fully saturated rings. The molecule has 2 rings (SSSR count). The smallest absolute Gasteiger partial charge is 0.227 e. The minimum Gasteiger partial charge on any atom is -1.00 e. The molecule has 3 nitrogen and oxygen atoms in total. The maximum Gasteiger partial charge on any atom is 0.227 e. The van der Waals surface area contributed by atoms with Gasteiger partial charge in [0.15, 0.2) is 6.20 Å². The van der Waals surface area contributed by atoms with Gasteiger partial charge in [0, 0.05) is 31.2 Å². The summed E-state index contributed by atoms with van der Waals surface area (Å²) in [6.07, 6.45) is 5.45. The number of halogens is 1. The molecule has 0 saturated carbocycles. The van der Waals surface area contributed by atoms with Gasteiger partial charge >= 0.3 is 0 Å². The summed E-state index contributed by atoms with van der Waals surface area (Å²) < 4.78 is 2.04. The first-order valence-electron chi connectivity index (χ1n) is 5.20. The van der Waals surface area contributed by atoms with E-state index in [0.717, 1.165) is 18.7 Å². The summed E-state index contributed by atoms with van der Waals surface area (Å²) in [6.45, 7) is 5.27. The Kier molecular flexibility index (Phi) is 4.50. The van der Waals surface area contributed by atoms with Crippen molar-refractivity contribution in [3.05, 3.63) is 36.7 Å². The molecule has 0 spiro atoms. The number of hydrogen-bond acceptors (Lipinski definition) is 1. The number of amides is 1. The van der Waals surface area contributed by atoms with Crippen molar-refractivity contribution in [1.29, 1.82) is 0 Å². The summed E-state index contributed by atoms with van der Waals surface area (Å²) in [5.74, 6) is 0.251. The highest BCUT2D eigenvalue weighted by atomic mass is 35.5. The standard InChI is InChI=1S/C12H15N2O.ClH/c1-2-11-6-3-4-8-13(11)10-14-9-5-7-12(14)15;/h2-4,6,8H,1,5,7,9-10H2;1H/q+1;/p-1. The van der Waals surface area contributed by atoms with Crippen LogP contribution < -0.4 is 17.0 Å². The number of aromatic nitrogens is 1. The van der Waals surface area contributed by atoms with Gasteiger partial charge in [-0.05, 0) is 12.5 Å². The molecule has 86 valence electrons. The van der Waals surface area contributed by atoms with Gasteiger partial charge in [0.05, 0.1) is 0 Å². The molecular weight excluding hydrogens is 224 g/mol. The van der Waals surface area contributed by atoms with Gasteiger partial charge in [0.1, 0.15) is 0 Å². The van der Waals surface area contributed by atoms with Gasteiger partial charge in [-0.2, -0.15) is 4.57 Å². The van der Waals surface area contributed by atoms with Crippen molar-refractivity contribution >= 4 is 12.0 Å². The van der Waals surface area contributed by atoms with Crippen LogP contribution in [0.1, 0.15) is 18.5 Å². The maximum atomic E-state index is 11.5. The third kappa shape index (κ3) is 2.61. The van der Waals surface area contributed by atoms with Crippen LogP contribution >= 0.6 is 0 Å². The first kappa shape index (κ1) is 12.7. The highest BCUT2D eigenvalue weighted by Gasteiger charge is 2.23. The topological polar surface area (TPSA) is 24.2 Å². The monoisotopic (exact) mass is 238 g/mol. The highest BCUT2D eigenvalue weighted by molar-refractivity contribution is 5.77. The summed E-state index contributed by atoms with van der Waals surface area (Å²) in [6, 6.07) is 5.93. The van der Waals surface area contributed by atoms with Crippen LogP contribution in [0.5, 0.6) is 0 Å². The molecule has 0 unspecified atom stereocenters. The number of pyridine rings is 1. The quantitative estimate of drug-likeness (QED) is 0.571. The molecule has 1 amide bonds. The van der Waals surface area contributed by atoms with Gasteiger partial charge in [-0.15, -0.1) is 0 Å². The first-order valence-corrected chi connectivity index (χ1v) is 5.20. The van der Waals surface area contributed by atoms with Crippen molar-refractivity contribution < 1.29 is 21.8 Å². The fourth-order valence-corrected chi connectivity index (χ4v) is 1.84. The lowest BCUT2D eigenvalue weighted by molar-refractivity contribution is -0.714. The van der Waals surface area contributed by atoms with E-state index in [1.807, 2.05) is 33.9 Å². The van der Waals surface area contributed by atoms with Gasteiger partial charge in [-0.3, -0.25) is 9.69 Å². The lowest BCUT2D eigenvalue weighted by Gasteiger charge is -2.11. The second-order valence-electron chi connectivity index (χ2n) is 3.70. The number of rotatable bonds is 3. The minimum absolute atomic E-state index is 0. The lowest BCUT2D eigenvalue weighted by atomic mass is 10.3. The Hall–Kier alpha value is -1.35. The van der Waals surface area contributed by atoms with Crippen LogP contribution in [0.2, 0.25) is 0 Å². The van der Waals surface area contributed by atoms with Crippen molar-refractivity contribution in [2.24, 2.45) is 0 Å². The van der Waals surface area contributed by atoms with Crippen molar-refractivity contribution in [1.82, 2.24) is 4.90 Å². The molecule has 1 aromatic rings. The van der Waals surface area contributed by atoms with E-state index in [0.29, 0.717) is 13.1 Å². The van der Waals surface area contributed by atoms with Crippen LogP contribution in [0.3, 0.4) is 0 Å². The van der Waals surface area contributed by atoms with Crippen LogP contribution in [0.4, 0.5) is 0 Å². The Bertz CT molecular complexity index is 392. The average molecular weight is 239 g/mol. The molecule has 1 aromatic heterocycles. The largest absolute Gasteiger partial charge is 1.00 e. The highest BCUT2D eigenvalue weighted by Crippen LogP contribution is 2.08. The van der Waals surface area contributed by atoms with Gasteiger partial charge in [0.25, 0.3) is 0 Å². The van der Waals surface area contributed by atoms with Gasteiger partial charge < -0.3 is 12.4 Å². The summed E-state index contributed by atoms with van der Waals surface area (Å²) in [5.41, 5.74) is 1.04. The molecule has 1 aliphatic heterocycles. The zero-order valence-corrected chi connectivity index (χ0v) is 9.86.